The summed E-state index contributed by atoms with van der Waals surface area (Å²) >= 11 is 0. The van der Waals surface area contributed by atoms with E-state index < -0.39 is 12.1 Å². The molecule has 0 heterocycles. The fourth-order valence-corrected chi connectivity index (χ4v) is 5.30. The van der Waals surface area contributed by atoms with E-state index in [4.69, 9.17) is 9.84 Å². The topological polar surface area (TPSA) is 105 Å². The van der Waals surface area contributed by atoms with Gasteiger partial charge in [-0.2, -0.15) is 0 Å². The average molecular weight is 465 g/mol. The van der Waals surface area contributed by atoms with Crippen LogP contribution in [0.1, 0.15) is 62.5 Å². The molecule has 1 fully saturated rings. The Balaban J connectivity index is 1.31. The van der Waals surface area contributed by atoms with Crippen LogP contribution in [-0.2, 0) is 14.3 Å². The Labute approximate surface area is 199 Å². The van der Waals surface area contributed by atoms with Gasteiger partial charge >= 0.3 is 12.1 Å². The molecule has 0 bridgehead atoms. The minimum Gasteiger partial charge on any atom is -0.481 e. The molecule has 0 aliphatic heterocycles. The Morgan fingerprint density at radius 2 is 1.68 bits per heavy atom. The molecule has 4 rings (SSSR count). The molecular formula is C27H32N2O5. The van der Waals surface area contributed by atoms with Crippen molar-refractivity contribution in [2.75, 3.05) is 6.61 Å². The van der Waals surface area contributed by atoms with E-state index in [2.05, 4.69) is 34.9 Å². The highest BCUT2D eigenvalue weighted by atomic mass is 16.5. The lowest BCUT2D eigenvalue weighted by atomic mass is 9.98. The zero-order valence-electron chi connectivity index (χ0n) is 19.5. The molecule has 180 valence electrons. The van der Waals surface area contributed by atoms with Crippen molar-refractivity contribution in [3.8, 4) is 11.1 Å². The van der Waals surface area contributed by atoms with Gasteiger partial charge in [0.05, 0.1) is 6.42 Å². The maximum atomic E-state index is 12.7. The monoisotopic (exact) mass is 464 g/mol. The van der Waals surface area contributed by atoms with Crippen molar-refractivity contribution < 1.29 is 24.2 Å². The lowest BCUT2D eigenvalue weighted by Crippen LogP contribution is -2.42. The number of carbonyl (C=O) groups is 3. The van der Waals surface area contributed by atoms with E-state index >= 15 is 0 Å². The Hall–Kier alpha value is -3.35. The highest BCUT2D eigenvalue weighted by Gasteiger charge is 2.33. The Bertz CT molecular complexity index is 1010. The zero-order chi connectivity index (χ0) is 24.1. The van der Waals surface area contributed by atoms with Crippen LogP contribution in [0.15, 0.2) is 48.5 Å². The predicted octanol–water partition coefficient (Wildman–Crippen LogP) is 4.45. The van der Waals surface area contributed by atoms with Gasteiger partial charge in [0.1, 0.15) is 6.61 Å². The molecular weight excluding hydrogens is 432 g/mol. The van der Waals surface area contributed by atoms with Gasteiger partial charge in [0.2, 0.25) is 5.91 Å². The molecule has 1 saturated carbocycles. The van der Waals surface area contributed by atoms with Gasteiger partial charge in [-0.25, -0.2) is 4.79 Å². The van der Waals surface area contributed by atoms with Crippen molar-refractivity contribution in [2.24, 2.45) is 5.92 Å². The molecule has 0 spiro atoms. The molecule has 0 aromatic heterocycles. The molecule has 2 aliphatic rings. The summed E-state index contributed by atoms with van der Waals surface area (Å²) < 4.78 is 5.66. The molecule has 3 N–H and O–H groups in total. The minimum atomic E-state index is -0.928. The van der Waals surface area contributed by atoms with Crippen LogP contribution in [0, 0.1) is 5.92 Å². The lowest BCUT2D eigenvalue weighted by Gasteiger charge is -2.22. The first-order valence-electron chi connectivity index (χ1n) is 12.1. The second-order valence-electron chi connectivity index (χ2n) is 9.24. The molecule has 2 amide bonds. The first-order chi connectivity index (χ1) is 16.5. The molecule has 2 aliphatic carbocycles. The number of hydrogen-bond donors (Lipinski definition) is 3. The minimum absolute atomic E-state index is 0.00325. The summed E-state index contributed by atoms with van der Waals surface area (Å²) in [7, 11) is 0. The maximum absolute atomic E-state index is 12.7. The van der Waals surface area contributed by atoms with E-state index in [9.17, 15) is 14.4 Å². The van der Waals surface area contributed by atoms with Crippen LogP contribution in [-0.4, -0.2) is 41.8 Å². The van der Waals surface area contributed by atoms with E-state index in [0.717, 1.165) is 19.3 Å². The van der Waals surface area contributed by atoms with Crippen LogP contribution in [0.3, 0.4) is 0 Å². The number of carbonyl (C=O) groups excluding carboxylic acids is 2. The summed E-state index contributed by atoms with van der Waals surface area (Å²) in [6.45, 7) is 2.11. The number of nitrogens with one attached hydrogen (secondary N) is 2. The quantitative estimate of drug-likeness (QED) is 0.508. The second kappa shape index (κ2) is 10.7. The van der Waals surface area contributed by atoms with E-state index in [1.165, 1.54) is 22.3 Å². The van der Waals surface area contributed by atoms with Crippen molar-refractivity contribution >= 4 is 18.0 Å². The third-order valence-electron chi connectivity index (χ3n) is 7.03. The number of ether oxygens (including phenoxy) is 1. The number of alkyl carbamates (subject to hydrolysis) is 1. The summed E-state index contributed by atoms with van der Waals surface area (Å²) in [5.74, 6) is -1.08. The molecule has 7 heteroatoms. The summed E-state index contributed by atoms with van der Waals surface area (Å²) in [4.78, 5) is 36.1. The summed E-state index contributed by atoms with van der Waals surface area (Å²) in [6.07, 6.45) is 2.85. The van der Waals surface area contributed by atoms with Crippen molar-refractivity contribution in [2.45, 2.75) is 63.5 Å². The van der Waals surface area contributed by atoms with Crippen molar-refractivity contribution in [1.29, 1.82) is 0 Å². The first kappa shape index (κ1) is 23.8. The molecule has 1 unspecified atom stereocenters. The number of carboxylic acids is 1. The normalized spacial score (nSPS) is 19.7. The molecule has 0 saturated heterocycles. The molecule has 2 aromatic rings. The standard InChI is InChI=1S/C27H32N2O5/c1-2-18(15-26(31)32)28-25(30)14-17-8-7-13-24(17)29-27(33)34-16-23-21-11-5-3-9-19(21)20-10-4-6-12-22(20)23/h3-6,9-12,17-18,23-24H,2,7-8,13-16H2,1H3,(H,28,30)(H,29,33)(H,31,32)/t17-,18?,24+/m0/s1. The van der Waals surface area contributed by atoms with Crippen LogP contribution in [0.2, 0.25) is 0 Å². The van der Waals surface area contributed by atoms with Crippen LogP contribution in [0.5, 0.6) is 0 Å². The number of fused-ring (bicyclic) bond motifs is 3. The number of carboxylic acid groups (broad SMARTS) is 1. The Morgan fingerprint density at radius 1 is 1.03 bits per heavy atom. The molecule has 7 nitrogen and oxygen atoms in total. The van der Waals surface area contributed by atoms with Gasteiger partial charge in [-0.1, -0.05) is 61.9 Å². The summed E-state index contributed by atoms with van der Waals surface area (Å²) in [5, 5.41) is 14.8. The van der Waals surface area contributed by atoms with Gasteiger partial charge in [0, 0.05) is 24.4 Å². The maximum Gasteiger partial charge on any atom is 0.407 e. The third-order valence-corrected chi connectivity index (χ3v) is 7.03. The highest BCUT2D eigenvalue weighted by molar-refractivity contribution is 5.79. The van der Waals surface area contributed by atoms with Crippen LogP contribution in [0.4, 0.5) is 4.79 Å². The molecule has 34 heavy (non-hydrogen) atoms. The van der Waals surface area contributed by atoms with Crippen LogP contribution < -0.4 is 10.6 Å². The number of rotatable bonds is 9. The van der Waals surface area contributed by atoms with E-state index in [0.29, 0.717) is 6.42 Å². The first-order valence-corrected chi connectivity index (χ1v) is 12.1. The summed E-state index contributed by atoms with van der Waals surface area (Å²) in [6, 6.07) is 15.9. The molecule has 2 aromatic carbocycles. The SMILES string of the molecule is CCC(CC(=O)O)NC(=O)C[C@@H]1CCC[C@H]1NC(=O)OCC1c2ccccc2-c2ccccc21. The number of hydrogen-bond acceptors (Lipinski definition) is 4. The van der Waals surface area contributed by atoms with Gasteiger partial charge < -0.3 is 20.5 Å². The van der Waals surface area contributed by atoms with Gasteiger partial charge in [0.15, 0.2) is 0 Å². The van der Waals surface area contributed by atoms with E-state index in [1.807, 2.05) is 31.2 Å². The molecule has 0 radical (unpaired) electrons. The zero-order valence-corrected chi connectivity index (χ0v) is 19.5. The van der Waals surface area contributed by atoms with Gasteiger partial charge in [-0.05, 0) is 47.4 Å². The van der Waals surface area contributed by atoms with Crippen LogP contribution >= 0.6 is 0 Å². The largest absolute Gasteiger partial charge is 0.481 e. The number of amides is 2. The van der Waals surface area contributed by atoms with Crippen LogP contribution in [0.25, 0.3) is 11.1 Å². The summed E-state index contributed by atoms with van der Waals surface area (Å²) in [5.41, 5.74) is 4.70. The number of benzene rings is 2. The smallest absolute Gasteiger partial charge is 0.407 e. The molecule has 3 atom stereocenters. The lowest BCUT2D eigenvalue weighted by molar-refractivity contribution is -0.137. The van der Waals surface area contributed by atoms with E-state index in [1.54, 1.807) is 0 Å². The third kappa shape index (κ3) is 5.41. The average Bonchev–Trinajstić information content (AvgIpc) is 3.38. The van der Waals surface area contributed by atoms with Crippen molar-refractivity contribution in [1.82, 2.24) is 10.6 Å². The van der Waals surface area contributed by atoms with Gasteiger partial charge in [0.25, 0.3) is 0 Å². The van der Waals surface area contributed by atoms with E-state index in [-0.39, 0.29) is 49.3 Å². The Morgan fingerprint density at radius 3 is 2.29 bits per heavy atom. The van der Waals surface area contributed by atoms with Crippen molar-refractivity contribution in [3.63, 3.8) is 0 Å². The second-order valence-corrected chi connectivity index (χ2v) is 9.24. The fourth-order valence-electron chi connectivity index (χ4n) is 5.30. The van der Waals surface area contributed by atoms with Gasteiger partial charge in [-0.15, -0.1) is 0 Å². The predicted molar refractivity (Wildman–Crippen MR) is 128 cm³/mol. The van der Waals surface area contributed by atoms with Crippen molar-refractivity contribution in [3.05, 3.63) is 59.7 Å². The number of aliphatic carboxylic acids is 1. The van der Waals surface area contributed by atoms with Gasteiger partial charge in [-0.3, -0.25) is 9.59 Å². The Kier molecular flexibility index (Phi) is 7.50. The fraction of sp³-hybridized carbons (Fsp3) is 0.444. The highest BCUT2D eigenvalue weighted by Crippen LogP contribution is 2.44.